The van der Waals surface area contributed by atoms with Crippen LogP contribution in [0.3, 0.4) is 0 Å². The van der Waals surface area contributed by atoms with Gasteiger partial charge in [0.15, 0.2) is 9.84 Å². The van der Waals surface area contributed by atoms with Crippen LogP contribution in [0.15, 0.2) is 35.4 Å². The molecule has 2 aromatic heterocycles. The fraction of sp³-hybridized carbons (Fsp3) is 0.278. The van der Waals surface area contributed by atoms with Crippen molar-refractivity contribution in [1.82, 2.24) is 9.55 Å². The lowest BCUT2D eigenvalue weighted by atomic mass is 10.2. The summed E-state index contributed by atoms with van der Waals surface area (Å²) in [6, 6.07) is 6.68. The Morgan fingerprint density at radius 3 is 2.82 bits per heavy atom. The van der Waals surface area contributed by atoms with Gasteiger partial charge in [0.1, 0.15) is 17.2 Å². The number of carbonyl (C=O) groups is 1. The molecule has 1 aromatic carbocycles. The molecule has 0 radical (unpaired) electrons. The molecule has 28 heavy (non-hydrogen) atoms. The lowest BCUT2D eigenvalue weighted by molar-refractivity contribution is 0.103. The predicted octanol–water partition coefficient (Wildman–Crippen LogP) is 1.98. The number of ether oxygens (including phenoxy) is 1. The molecule has 0 aliphatic heterocycles. The van der Waals surface area contributed by atoms with Gasteiger partial charge in [0.2, 0.25) is 0 Å². The zero-order chi connectivity index (χ0) is 20.5. The molecule has 0 fully saturated rings. The van der Waals surface area contributed by atoms with Crippen LogP contribution < -0.4 is 15.6 Å². The topological polar surface area (TPSA) is 107 Å². The molecule has 0 aliphatic carbocycles. The minimum Gasteiger partial charge on any atom is -0.492 e. The van der Waals surface area contributed by atoms with Crippen molar-refractivity contribution in [1.29, 1.82) is 0 Å². The number of fused-ring (bicyclic) bond motifs is 1. The molecular formula is C18H19N3O5S2. The maximum Gasteiger partial charge on any atom is 0.266 e. The van der Waals surface area contributed by atoms with Gasteiger partial charge in [0, 0.05) is 25.1 Å². The molecule has 0 unspecified atom stereocenters. The highest BCUT2D eigenvalue weighted by Crippen LogP contribution is 2.28. The largest absolute Gasteiger partial charge is 0.492 e. The quantitative estimate of drug-likeness (QED) is 0.652. The fourth-order valence-corrected chi connectivity index (χ4v) is 4.01. The van der Waals surface area contributed by atoms with Crippen LogP contribution in [0.2, 0.25) is 0 Å². The number of hydrogen-bond donors (Lipinski definition) is 1. The summed E-state index contributed by atoms with van der Waals surface area (Å²) >= 11 is 1.16. The number of aryl methyl sites for hydroxylation is 2. The third-order valence-electron chi connectivity index (χ3n) is 4.03. The highest BCUT2D eigenvalue weighted by molar-refractivity contribution is 7.90. The van der Waals surface area contributed by atoms with E-state index in [1.807, 2.05) is 0 Å². The Bertz CT molecular complexity index is 1210. The van der Waals surface area contributed by atoms with Crippen LogP contribution in [0.5, 0.6) is 5.75 Å². The standard InChI is InChI=1S/C18H19N3O5S2/c1-11-14-17(19-10-21(2)18(14)23)27-15(11)16(22)20-12-5-4-6-13(9-12)26-7-8-28(3,24)25/h4-6,9-10H,7-8H2,1-3H3,(H,20,22). The summed E-state index contributed by atoms with van der Waals surface area (Å²) in [6.07, 6.45) is 2.57. The Kier molecular flexibility index (Phi) is 5.52. The monoisotopic (exact) mass is 421 g/mol. The molecule has 10 heteroatoms. The lowest BCUT2D eigenvalue weighted by Crippen LogP contribution is -2.17. The Morgan fingerprint density at radius 2 is 2.11 bits per heavy atom. The second kappa shape index (κ2) is 7.72. The van der Waals surface area contributed by atoms with Crippen molar-refractivity contribution < 1.29 is 17.9 Å². The highest BCUT2D eigenvalue weighted by atomic mass is 32.2. The molecule has 8 nitrogen and oxygen atoms in total. The van der Waals surface area contributed by atoms with Crippen LogP contribution in [0, 0.1) is 6.92 Å². The lowest BCUT2D eigenvalue weighted by Gasteiger charge is -2.08. The first kappa shape index (κ1) is 20.0. The van der Waals surface area contributed by atoms with Crippen LogP contribution in [0.4, 0.5) is 5.69 Å². The molecule has 0 saturated carbocycles. The zero-order valence-corrected chi connectivity index (χ0v) is 17.2. The molecule has 1 N–H and O–H groups in total. The van der Waals surface area contributed by atoms with Gasteiger partial charge in [0.25, 0.3) is 11.5 Å². The Morgan fingerprint density at radius 1 is 1.36 bits per heavy atom. The second-order valence-corrected chi connectivity index (χ2v) is 9.62. The third kappa shape index (κ3) is 4.39. The van der Waals surface area contributed by atoms with E-state index >= 15 is 0 Å². The fourth-order valence-electron chi connectivity index (χ4n) is 2.59. The summed E-state index contributed by atoms with van der Waals surface area (Å²) in [5.41, 5.74) is 0.894. The van der Waals surface area contributed by atoms with E-state index in [9.17, 15) is 18.0 Å². The predicted molar refractivity (Wildman–Crippen MR) is 109 cm³/mol. The van der Waals surface area contributed by atoms with Gasteiger partial charge in [0.05, 0.1) is 22.3 Å². The average Bonchev–Trinajstić information content (AvgIpc) is 2.95. The molecule has 2 heterocycles. The van der Waals surface area contributed by atoms with Crippen molar-refractivity contribution >= 4 is 43.0 Å². The Balaban J connectivity index is 1.79. The number of aromatic nitrogens is 2. The number of thiophene rings is 1. The molecule has 3 rings (SSSR count). The van der Waals surface area contributed by atoms with Crippen LogP contribution in [0.25, 0.3) is 10.2 Å². The number of hydrogen-bond acceptors (Lipinski definition) is 7. The number of amides is 1. The summed E-state index contributed by atoms with van der Waals surface area (Å²) in [4.78, 5) is 30.1. The first-order valence-electron chi connectivity index (χ1n) is 8.32. The van der Waals surface area contributed by atoms with E-state index in [2.05, 4.69) is 10.3 Å². The van der Waals surface area contributed by atoms with Crippen LogP contribution in [-0.2, 0) is 16.9 Å². The summed E-state index contributed by atoms with van der Waals surface area (Å²) in [5, 5.41) is 3.22. The van der Waals surface area contributed by atoms with Crippen molar-refractivity contribution in [2.24, 2.45) is 7.05 Å². The second-order valence-electron chi connectivity index (χ2n) is 6.36. The molecule has 0 bridgehead atoms. The first-order valence-corrected chi connectivity index (χ1v) is 11.2. The van der Waals surface area contributed by atoms with Gasteiger partial charge in [-0.2, -0.15) is 0 Å². The van der Waals surface area contributed by atoms with E-state index in [1.165, 1.54) is 10.9 Å². The van der Waals surface area contributed by atoms with Gasteiger partial charge < -0.3 is 14.6 Å². The summed E-state index contributed by atoms with van der Waals surface area (Å²) in [6.45, 7) is 1.75. The van der Waals surface area contributed by atoms with Gasteiger partial charge in [-0.1, -0.05) is 6.07 Å². The number of anilines is 1. The maximum absolute atomic E-state index is 12.7. The van der Waals surface area contributed by atoms with Gasteiger partial charge in [-0.25, -0.2) is 13.4 Å². The number of nitrogens with one attached hydrogen (secondary N) is 1. The van der Waals surface area contributed by atoms with Crippen molar-refractivity contribution in [2.75, 3.05) is 23.9 Å². The van der Waals surface area contributed by atoms with Gasteiger partial charge in [-0.3, -0.25) is 9.59 Å². The van der Waals surface area contributed by atoms with E-state index < -0.39 is 9.84 Å². The van der Waals surface area contributed by atoms with Crippen molar-refractivity contribution in [2.45, 2.75) is 6.92 Å². The van der Waals surface area contributed by atoms with Crippen LogP contribution in [-0.4, -0.2) is 42.5 Å². The third-order valence-corrected chi connectivity index (χ3v) is 6.14. The number of rotatable bonds is 6. The summed E-state index contributed by atoms with van der Waals surface area (Å²) in [7, 11) is -1.50. The normalized spacial score (nSPS) is 11.5. The first-order chi connectivity index (χ1) is 13.2. The van der Waals surface area contributed by atoms with Gasteiger partial charge in [-0.15, -0.1) is 11.3 Å². The smallest absolute Gasteiger partial charge is 0.266 e. The number of nitrogens with zero attached hydrogens (tertiary/aromatic N) is 2. The van der Waals surface area contributed by atoms with E-state index in [1.54, 1.807) is 38.2 Å². The van der Waals surface area contributed by atoms with Gasteiger partial charge >= 0.3 is 0 Å². The van der Waals surface area contributed by atoms with E-state index in [0.717, 1.165) is 17.6 Å². The Hall–Kier alpha value is -2.72. The SMILES string of the molecule is Cc1c(C(=O)Nc2cccc(OCCS(C)(=O)=O)c2)sc2ncn(C)c(=O)c12. The average molecular weight is 422 g/mol. The van der Waals surface area contributed by atoms with E-state index in [-0.39, 0.29) is 23.8 Å². The minimum absolute atomic E-state index is 0.0284. The number of carbonyl (C=O) groups excluding carboxylic acids is 1. The van der Waals surface area contributed by atoms with Crippen LogP contribution in [0.1, 0.15) is 15.2 Å². The molecule has 1 amide bonds. The molecule has 0 aliphatic rings. The molecule has 3 aromatic rings. The van der Waals surface area contributed by atoms with Crippen LogP contribution >= 0.6 is 11.3 Å². The van der Waals surface area contributed by atoms with Crippen molar-refractivity contribution in [3.8, 4) is 5.75 Å². The molecule has 148 valence electrons. The molecule has 0 saturated heterocycles. The molecule has 0 spiro atoms. The van der Waals surface area contributed by atoms with Crippen molar-refractivity contribution in [3.05, 3.63) is 51.4 Å². The van der Waals surface area contributed by atoms with E-state index in [0.29, 0.717) is 32.1 Å². The molecular weight excluding hydrogens is 402 g/mol. The van der Waals surface area contributed by atoms with Crippen molar-refractivity contribution in [3.63, 3.8) is 0 Å². The Labute approximate surface area is 165 Å². The highest BCUT2D eigenvalue weighted by Gasteiger charge is 2.19. The minimum atomic E-state index is -3.11. The summed E-state index contributed by atoms with van der Waals surface area (Å²) < 4.78 is 29.2. The molecule has 0 atom stereocenters. The zero-order valence-electron chi connectivity index (χ0n) is 15.6. The summed E-state index contributed by atoms with van der Waals surface area (Å²) in [5.74, 6) is 0.00729. The van der Waals surface area contributed by atoms with Gasteiger partial charge in [-0.05, 0) is 24.6 Å². The van der Waals surface area contributed by atoms with E-state index in [4.69, 9.17) is 4.74 Å². The number of sulfone groups is 1. The maximum atomic E-state index is 12.7. The number of benzene rings is 1.